The molecule has 0 aliphatic carbocycles. The molecule has 3 nitrogen and oxygen atoms in total. The summed E-state index contributed by atoms with van der Waals surface area (Å²) >= 11 is 0. The molecule has 0 bridgehead atoms. The van der Waals surface area contributed by atoms with E-state index in [1.165, 1.54) is 0 Å². The molecule has 104 valence electrons. The maximum atomic E-state index is 11.5. The lowest BCUT2D eigenvalue weighted by Crippen LogP contribution is -2.13. The quantitative estimate of drug-likeness (QED) is 0.555. The van der Waals surface area contributed by atoms with Crippen LogP contribution in [0.2, 0.25) is 0 Å². The van der Waals surface area contributed by atoms with Crippen molar-refractivity contribution in [3.63, 3.8) is 0 Å². The number of carbonyl (C=O) groups excluding carboxylic acids is 1. The first-order chi connectivity index (χ1) is 9.11. The predicted octanol–water partition coefficient (Wildman–Crippen LogP) is 3.63. The van der Waals surface area contributed by atoms with Crippen molar-refractivity contribution in [2.75, 3.05) is 6.61 Å². The number of ether oxygens (including phenoxy) is 1. The van der Waals surface area contributed by atoms with E-state index in [4.69, 9.17) is 4.74 Å². The minimum absolute atomic E-state index is 0.185. The van der Waals surface area contributed by atoms with E-state index in [1.807, 2.05) is 37.3 Å². The van der Waals surface area contributed by atoms with Crippen LogP contribution in [0.1, 0.15) is 39.2 Å². The van der Waals surface area contributed by atoms with Gasteiger partial charge in [0.15, 0.2) is 0 Å². The van der Waals surface area contributed by atoms with Crippen molar-refractivity contribution >= 4 is 11.7 Å². The lowest BCUT2D eigenvalue weighted by molar-refractivity contribution is -0.141. The molecule has 1 aromatic carbocycles. The van der Waals surface area contributed by atoms with E-state index in [2.05, 4.69) is 18.8 Å². The van der Waals surface area contributed by atoms with Crippen molar-refractivity contribution in [1.29, 1.82) is 0 Å². The number of aliphatic imine (C=N–C) groups is 1. The number of nitrogens with zero attached hydrogens (tertiary/aromatic N) is 1. The Balaban J connectivity index is 2.64. The Labute approximate surface area is 115 Å². The standard InChI is InChI=1S/C16H23NO2/c1-4-19-16(18)11-15(10-13(2)3)17-12-14-8-6-5-7-9-14/h5-9,13H,4,10-12H2,1-3H3. The predicted molar refractivity (Wildman–Crippen MR) is 78.3 cm³/mol. The summed E-state index contributed by atoms with van der Waals surface area (Å²) in [6.45, 7) is 7.13. The molecule has 0 saturated heterocycles. The molecule has 0 fully saturated rings. The van der Waals surface area contributed by atoms with Crippen LogP contribution < -0.4 is 0 Å². The van der Waals surface area contributed by atoms with Gasteiger partial charge >= 0.3 is 5.97 Å². The molecule has 0 spiro atoms. The average Bonchev–Trinajstić information content (AvgIpc) is 2.37. The second kappa shape index (κ2) is 8.46. The summed E-state index contributed by atoms with van der Waals surface area (Å²) in [4.78, 5) is 16.1. The third kappa shape index (κ3) is 6.75. The van der Waals surface area contributed by atoms with E-state index in [0.29, 0.717) is 25.5 Å². The van der Waals surface area contributed by atoms with Crippen molar-refractivity contribution in [2.45, 2.75) is 40.2 Å². The molecule has 0 aliphatic rings. The summed E-state index contributed by atoms with van der Waals surface area (Å²) < 4.78 is 4.99. The van der Waals surface area contributed by atoms with Crippen molar-refractivity contribution in [2.24, 2.45) is 10.9 Å². The van der Waals surface area contributed by atoms with Crippen molar-refractivity contribution < 1.29 is 9.53 Å². The Morgan fingerprint density at radius 1 is 1.26 bits per heavy atom. The van der Waals surface area contributed by atoms with Gasteiger partial charge in [-0.05, 0) is 24.8 Å². The molecule has 0 unspecified atom stereocenters. The van der Waals surface area contributed by atoms with Gasteiger partial charge in [-0.15, -0.1) is 0 Å². The number of carbonyl (C=O) groups is 1. The van der Waals surface area contributed by atoms with Crippen LogP contribution in [-0.2, 0) is 16.1 Å². The first-order valence-electron chi connectivity index (χ1n) is 6.83. The zero-order chi connectivity index (χ0) is 14.1. The van der Waals surface area contributed by atoms with E-state index >= 15 is 0 Å². The largest absolute Gasteiger partial charge is 0.466 e. The molecule has 0 aromatic heterocycles. The highest BCUT2D eigenvalue weighted by Gasteiger charge is 2.10. The second-order valence-electron chi connectivity index (χ2n) is 4.95. The molecule has 1 rings (SSSR count). The Bertz CT molecular complexity index is 410. The van der Waals surface area contributed by atoms with Crippen LogP contribution in [0, 0.1) is 5.92 Å². The second-order valence-corrected chi connectivity index (χ2v) is 4.95. The Morgan fingerprint density at radius 3 is 2.53 bits per heavy atom. The van der Waals surface area contributed by atoms with Gasteiger partial charge in [-0.3, -0.25) is 9.79 Å². The molecule has 0 atom stereocenters. The molecule has 3 heteroatoms. The summed E-state index contributed by atoms with van der Waals surface area (Å²) in [5, 5.41) is 0. The SMILES string of the molecule is CCOC(=O)CC(CC(C)C)=NCc1ccccc1. The van der Waals surface area contributed by atoms with Gasteiger partial charge in [-0.1, -0.05) is 44.2 Å². The number of rotatable bonds is 7. The highest BCUT2D eigenvalue weighted by atomic mass is 16.5. The van der Waals surface area contributed by atoms with Gasteiger partial charge in [-0.25, -0.2) is 0 Å². The van der Waals surface area contributed by atoms with Gasteiger partial charge in [0, 0.05) is 5.71 Å². The van der Waals surface area contributed by atoms with Crippen LogP contribution >= 0.6 is 0 Å². The Hall–Kier alpha value is -1.64. The third-order valence-corrected chi connectivity index (χ3v) is 2.63. The lowest BCUT2D eigenvalue weighted by atomic mass is 10.0. The minimum Gasteiger partial charge on any atom is -0.466 e. The van der Waals surface area contributed by atoms with Crippen molar-refractivity contribution in [3.05, 3.63) is 35.9 Å². The van der Waals surface area contributed by atoms with Crippen molar-refractivity contribution in [3.8, 4) is 0 Å². The fourth-order valence-corrected chi connectivity index (χ4v) is 1.83. The number of hydrogen-bond donors (Lipinski definition) is 0. The molecule has 0 N–H and O–H groups in total. The van der Waals surface area contributed by atoms with Gasteiger partial charge < -0.3 is 4.74 Å². The van der Waals surface area contributed by atoms with Gasteiger partial charge in [0.1, 0.15) is 0 Å². The first-order valence-corrected chi connectivity index (χ1v) is 6.83. The van der Waals surface area contributed by atoms with Crippen molar-refractivity contribution in [1.82, 2.24) is 0 Å². The van der Waals surface area contributed by atoms with Gasteiger partial charge in [-0.2, -0.15) is 0 Å². The Kier molecular flexibility index (Phi) is 6.86. The average molecular weight is 261 g/mol. The Morgan fingerprint density at radius 2 is 1.95 bits per heavy atom. The van der Waals surface area contributed by atoms with E-state index < -0.39 is 0 Å². The minimum atomic E-state index is -0.185. The van der Waals surface area contributed by atoms with Gasteiger partial charge in [0.05, 0.1) is 19.6 Å². The van der Waals surface area contributed by atoms with E-state index in [1.54, 1.807) is 0 Å². The number of esters is 1. The highest BCUT2D eigenvalue weighted by molar-refractivity contribution is 5.99. The monoisotopic (exact) mass is 261 g/mol. The summed E-state index contributed by atoms with van der Waals surface area (Å²) in [5.41, 5.74) is 2.09. The molecule has 1 aromatic rings. The fourth-order valence-electron chi connectivity index (χ4n) is 1.83. The smallest absolute Gasteiger partial charge is 0.311 e. The molecule has 0 amide bonds. The van der Waals surface area contributed by atoms with Crippen LogP contribution in [0.25, 0.3) is 0 Å². The van der Waals surface area contributed by atoms with E-state index in [-0.39, 0.29) is 5.97 Å². The summed E-state index contributed by atoms with van der Waals surface area (Å²) in [5.74, 6) is 0.305. The molecular formula is C16H23NO2. The molecule has 19 heavy (non-hydrogen) atoms. The normalized spacial score (nSPS) is 11.7. The number of benzene rings is 1. The molecule has 0 heterocycles. The topological polar surface area (TPSA) is 38.7 Å². The third-order valence-electron chi connectivity index (χ3n) is 2.63. The highest BCUT2D eigenvalue weighted by Crippen LogP contribution is 2.08. The van der Waals surface area contributed by atoms with Gasteiger partial charge in [0.25, 0.3) is 0 Å². The van der Waals surface area contributed by atoms with Crippen LogP contribution in [0.5, 0.6) is 0 Å². The zero-order valence-corrected chi connectivity index (χ0v) is 12.1. The van der Waals surface area contributed by atoms with Gasteiger partial charge in [0.2, 0.25) is 0 Å². The summed E-state index contributed by atoms with van der Waals surface area (Å²) in [6.07, 6.45) is 1.14. The van der Waals surface area contributed by atoms with Crippen LogP contribution in [-0.4, -0.2) is 18.3 Å². The fraction of sp³-hybridized carbons (Fsp3) is 0.500. The summed E-state index contributed by atoms with van der Waals surface area (Å²) in [7, 11) is 0. The molecule has 0 saturated carbocycles. The molecular weight excluding hydrogens is 238 g/mol. The lowest BCUT2D eigenvalue weighted by Gasteiger charge is -2.09. The van der Waals surface area contributed by atoms with E-state index in [0.717, 1.165) is 17.7 Å². The maximum Gasteiger partial charge on any atom is 0.311 e. The zero-order valence-electron chi connectivity index (χ0n) is 12.1. The number of hydrogen-bond acceptors (Lipinski definition) is 3. The maximum absolute atomic E-state index is 11.5. The van der Waals surface area contributed by atoms with Crippen LogP contribution in [0.4, 0.5) is 0 Å². The van der Waals surface area contributed by atoms with Crippen LogP contribution in [0.15, 0.2) is 35.3 Å². The first kappa shape index (κ1) is 15.4. The molecule has 0 aliphatic heterocycles. The summed E-state index contributed by atoms with van der Waals surface area (Å²) in [6, 6.07) is 10.1. The molecule has 0 radical (unpaired) electrons. The van der Waals surface area contributed by atoms with Crippen LogP contribution in [0.3, 0.4) is 0 Å². The van der Waals surface area contributed by atoms with E-state index in [9.17, 15) is 4.79 Å².